The van der Waals surface area contributed by atoms with Crippen LogP contribution in [0.2, 0.25) is 10.0 Å². The first-order valence-corrected chi connectivity index (χ1v) is 8.31. The summed E-state index contributed by atoms with van der Waals surface area (Å²) < 4.78 is 5.77. The number of halogens is 4. The van der Waals surface area contributed by atoms with E-state index >= 15 is 0 Å². The lowest BCUT2D eigenvalue weighted by Crippen LogP contribution is -2.26. The molecule has 0 aliphatic rings. The number of likely N-dealkylation sites (N-methyl/N-ethyl adjacent to an activating group) is 1. The van der Waals surface area contributed by atoms with Crippen molar-refractivity contribution in [2.24, 2.45) is 0 Å². The Morgan fingerprint density at radius 1 is 1.00 bits per heavy atom. The van der Waals surface area contributed by atoms with Gasteiger partial charge in [0.15, 0.2) is 0 Å². The molecule has 0 fully saturated rings. The molecule has 0 radical (unpaired) electrons. The highest BCUT2D eigenvalue weighted by Crippen LogP contribution is 2.22. The molecular formula is C18H24Cl4N2O. The predicted octanol–water partition coefficient (Wildman–Crippen LogP) is 5.07. The standard InChI is InChI=1S/C18H22Cl2N2O.2ClH/c1-22(2)10-9-21-12-14-3-7-17(8-4-14)23-13-15-5-6-16(19)11-18(15)20;;/h3-8,11,21H,9-10,12-13H2,1-2H3;2*1H. The topological polar surface area (TPSA) is 24.5 Å². The first-order valence-electron chi connectivity index (χ1n) is 7.56. The highest BCUT2D eigenvalue weighted by atomic mass is 35.5. The molecule has 2 aromatic rings. The van der Waals surface area contributed by atoms with Gasteiger partial charge in [0.2, 0.25) is 0 Å². The van der Waals surface area contributed by atoms with Gasteiger partial charge in [-0.05, 0) is 43.9 Å². The molecule has 0 amide bonds. The molecule has 0 aromatic heterocycles. The number of ether oxygens (including phenoxy) is 1. The van der Waals surface area contributed by atoms with Crippen molar-refractivity contribution in [2.75, 3.05) is 27.2 Å². The van der Waals surface area contributed by atoms with Crippen LogP contribution in [0, 0.1) is 0 Å². The molecule has 2 rings (SSSR count). The molecule has 140 valence electrons. The first kappa shape index (κ1) is 24.3. The van der Waals surface area contributed by atoms with Gasteiger partial charge in [-0.3, -0.25) is 0 Å². The molecule has 3 nitrogen and oxygen atoms in total. The van der Waals surface area contributed by atoms with E-state index in [9.17, 15) is 0 Å². The van der Waals surface area contributed by atoms with Gasteiger partial charge in [0, 0.05) is 35.2 Å². The smallest absolute Gasteiger partial charge is 0.119 e. The molecule has 0 saturated heterocycles. The van der Waals surface area contributed by atoms with Crippen LogP contribution < -0.4 is 10.1 Å². The lowest BCUT2D eigenvalue weighted by molar-refractivity contribution is 0.306. The molecule has 0 aliphatic heterocycles. The van der Waals surface area contributed by atoms with Crippen LogP contribution in [-0.4, -0.2) is 32.1 Å². The van der Waals surface area contributed by atoms with Gasteiger partial charge in [0.05, 0.1) is 0 Å². The second-order valence-corrected chi connectivity index (χ2v) is 6.49. The van der Waals surface area contributed by atoms with E-state index in [0.29, 0.717) is 16.7 Å². The average molecular weight is 426 g/mol. The fourth-order valence-electron chi connectivity index (χ4n) is 2.04. The summed E-state index contributed by atoms with van der Waals surface area (Å²) in [6.45, 7) is 3.29. The zero-order valence-electron chi connectivity index (χ0n) is 14.3. The predicted molar refractivity (Wildman–Crippen MR) is 112 cm³/mol. The second-order valence-electron chi connectivity index (χ2n) is 5.65. The van der Waals surface area contributed by atoms with E-state index in [1.165, 1.54) is 5.56 Å². The Hall–Kier alpha value is -0.680. The van der Waals surface area contributed by atoms with E-state index in [1.807, 2.05) is 24.3 Å². The van der Waals surface area contributed by atoms with Crippen LogP contribution >= 0.6 is 48.0 Å². The molecule has 0 aliphatic carbocycles. The highest BCUT2D eigenvalue weighted by molar-refractivity contribution is 6.35. The summed E-state index contributed by atoms with van der Waals surface area (Å²) in [4.78, 5) is 2.16. The Balaban J connectivity index is 0.00000288. The Bertz CT molecular complexity index is 621. The van der Waals surface area contributed by atoms with Crippen molar-refractivity contribution in [2.45, 2.75) is 13.2 Å². The van der Waals surface area contributed by atoms with E-state index in [0.717, 1.165) is 30.9 Å². The Labute approximate surface area is 172 Å². The van der Waals surface area contributed by atoms with E-state index in [1.54, 1.807) is 6.07 Å². The molecule has 0 saturated carbocycles. The minimum absolute atomic E-state index is 0. The number of hydrogen-bond acceptors (Lipinski definition) is 3. The van der Waals surface area contributed by atoms with Gasteiger partial charge < -0.3 is 15.0 Å². The van der Waals surface area contributed by atoms with Crippen LogP contribution in [0.5, 0.6) is 5.75 Å². The number of nitrogens with zero attached hydrogens (tertiary/aromatic N) is 1. The summed E-state index contributed by atoms with van der Waals surface area (Å²) in [5.41, 5.74) is 2.16. The maximum Gasteiger partial charge on any atom is 0.119 e. The van der Waals surface area contributed by atoms with Crippen LogP contribution in [0.15, 0.2) is 42.5 Å². The van der Waals surface area contributed by atoms with Crippen molar-refractivity contribution >= 4 is 48.0 Å². The lowest BCUT2D eigenvalue weighted by Gasteiger charge is -2.11. The van der Waals surface area contributed by atoms with Crippen LogP contribution in [0.3, 0.4) is 0 Å². The van der Waals surface area contributed by atoms with Crippen molar-refractivity contribution in [3.63, 3.8) is 0 Å². The fourth-order valence-corrected chi connectivity index (χ4v) is 2.50. The zero-order valence-corrected chi connectivity index (χ0v) is 17.4. The van der Waals surface area contributed by atoms with Gasteiger partial charge in [-0.25, -0.2) is 0 Å². The quantitative estimate of drug-likeness (QED) is 0.597. The highest BCUT2D eigenvalue weighted by Gasteiger charge is 2.03. The summed E-state index contributed by atoms with van der Waals surface area (Å²) in [5.74, 6) is 0.827. The Morgan fingerprint density at radius 2 is 1.68 bits per heavy atom. The van der Waals surface area contributed by atoms with Crippen molar-refractivity contribution in [1.29, 1.82) is 0 Å². The van der Waals surface area contributed by atoms with Crippen molar-refractivity contribution in [1.82, 2.24) is 10.2 Å². The van der Waals surface area contributed by atoms with Gasteiger partial charge in [0.1, 0.15) is 12.4 Å². The average Bonchev–Trinajstić information content (AvgIpc) is 2.52. The summed E-state index contributed by atoms with van der Waals surface area (Å²) in [6, 6.07) is 13.5. The van der Waals surface area contributed by atoms with E-state index in [-0.39, 0.29) is 24.8 Å². The van der Waals surface area contributed by atoms with Crippen LogP contribution in [0.25, 0.3) is 0 Å². The Morgan fingerprint density at radius 3 is 2.28 bits per heavy atom. The zero-order chi connectivity index (χ0) is 16.7. The summed E-state index contributed by atoms with van der Waals surface area (Å²) in [6.07, 6.45) is 0. The summed E-state index contributed by atoms with van der Waals surface area (Å²) in [7, 11) is 4.14. The number of benzene rings is 2. The summed E-state index contributed by atoms with van der Waals surface area (Å²) >= 11 is 12.0. The molecule has 0 bridgehead atoms. The summed E-state index contributed by atoms with van der Waals surface area (Å²) in [5, 5.41) is 4.66. The molecule has 0 spiro atoms. The molecule has 1 N–H and O–H groups in total. The minimum atomic E-state index is 0. The maximum absolute atomic E-state index is 6.14. The molecule has 0 atom stereocenters. The number of nitrogens with one attached hydrogen (secondary N) is 1. The lowest BCUT2D eigenvalue weighted by atomic mass is 10.2. The van der Waals surface area contributed by atoms with Crippen molar-refractivity contribution in [3.8, 4) is 5.75 Å². The van der Waals surface area contributed by atoms with E-state index in [4.69, 9.17) is 27.9 Å². The van der Waals surface area contributed by atoms with Crippen LogP contribution in [0.1, 0.15) is 11.1 Å². The van der Waals surface area contributed by atoms with Gasteiger partial charge in [-0.2, -0.15) is 0 Å². The third-order valence-electron chi connectivity index (χ3n) is 3.40. The maximum atomic E-state index is 6.14. The SMILES string of the molecule is CN(C)CCNCc1ccc(OCc2ccc(Cl)cc2Cl)cc1.Cl.Cl. The normalized spacial score (nSPS) is 10.1. The number of hydrogen-bond donors (Lipinski definition) is 1. The van der Waals surface area contributed by atoms with E-state index < -0.39 is 0 Å². The number of rotatable bonds is 8. The Kier molecular flexibility index (Phi) is 12.3. The van der Waals surface area contributed by atoms with E-state index in [2.05, 4.69) is 36.4 Å². The van der Waals surface area contributed by atoms with Gasteiger partial charge in [0.25, 0.3) is 0 Å². The van der Waals surface area contributed by atoms with Crippen LogP contribution in [-0.2, 0) is 13.2 Å². The molecule has 7 heteroatoms. The van der Waals surface area contributed by atoms with Gasteiger partial charge >= 0.3 is 0 Å². The third kappa shape index (κ3) is 9.00. The van der Waals surface area contributed by atoms with Gasteiger partial charge in [-0.1, -0.05) is 41.4 Å². The van der Waals surface area contributed by atoms with Gasteiger partial charge in [-0.15, -0.1) is 24.8 Å². The van der Waals surface area contributed by atoms with Crippen molar-refractivity contribution < 1.29 is 4.74 Å². The van der Waals surface area contributed by atoms with Crippen molar-refractivity contribution in [3.05, 3.63) is 63.6 Å². The molecule has 0 unspecified atom stereocenters. The largest absolute Gasteiger partial charge is 0.489 e. The fraction of sp³-hybridized carbons (Fsp3) is 0.333. The molecule has 2 aromatic carbocycles. The first-order chi connectivity index (χ1) is 11.0. The third-order valence-corrected chi connectivity index (χ3v) is 3.98. The molecular weight excluding hydrogens is 402 g/mol. The molecule has 0 heterocycles. The second kappa shape index (κ2) is 12.6. The minimum Gasteiger partial charge on any atom is -0.489 e. The monoisotopic (exact) mass is 424 g/mol. The van der Waals surface area contributed by atoms with Crippen LogP contribution in [0.4, 0.5) is 0 Å². The molecule has 25 heavy (non-hydrogen) atoms.